The molecule has 2 fully saturated rings. The number of hydrogen-bond acceptors (Lipinski definition) is 5. The number of nitrogens with two attached hydrogens (primary N) is 1. The van der Waals surface area contributed by atoms with Gasteiger partial charge in [-0.3, -0.25) is 4.18 Å². The Morgan fingerprint density at radius 3 is 2.60 bits per heavy atom. The van der Waals surface area contributed by atoms with E-state index in [0.717, 1.165) is 25.7 Å². The highest BCUT2D eigenvalue weighted by Crippen LogP contribution is 2.42. The predicted octanol–water partition coefficient (Wildman–Crippen LogP) is 3.30. The van der Waals surface area contributed by atoms with Crippen LogP contribution in [0.15, 0.2) is 35.9 Å². The van der Waals surface area contributed by atoms with Crippen LogP contribution in [0, 0.1) is 0 Å². The summed E-state index contributed by atoms with van der Waals surface area (Å²) in [6.45, 7) is 3.57. The van der Waals surface area contributed by atoms with Gasteiger partial charge in [-0.25, -0.2) is 5.14 Å². The Hall–Kier alpha value is -0.700. The van der Waals surface area contributed by atoms with E-state index in [-0.39, 0.29) is 18.8 Å². The first-order chi connectivity index (χ1) is 11.8. The maximum absolute atomic E-state index is 10.9. The molecule has 1 saturated carbocycles. The van der Waals surface area contributed by atoms with Crippen molar-refractivity contribution in [3.63, 3.8) is 0 Å². The van der Waals surface area contributed by atoms with Gasteiger partial charge in [0.1, 0.15) is 0 Å². The first-order valence-corrected chi connectivity index (χ1v) is 10.4. The Labute approximate surface area is 154 Å². The normalized spacial score (nSPS) is 27.2. The first-order valence-electron chi connectivity index (χ1n) is 8.51. The van der Waals surface area contributed by atoms with Crippen molar-refractivity contribution in [1.29, 1.82) is 0 Å². The molecule has 1 aliphatic heterocycles. The average molecular weight is 392 g/mol. The van der Waals surface area contributed by atoms with Crippen molar-refractivity contribution < 1.29 is 22.1 Å². The summed E-state index contributed by atoms with van der Waals surface area (Å²) in [5.74, 6) is -0.563. The zero-order chi connectivity index (χ0) is 18.3. The van der Waals surface area contributed by atoms with Crippen LogP contribution >= 0.6 is 11.6 Å². The van der Waals surface area contributed by atoms with Crippen LogP contribution in [0.1, 0.15) is 44.9 Å². The highest BCUT2D eigenvalue weighted by molar-refractivity contribution is 7.84. The van der Waals surface area contributed by atoms with E-state index in [4.69, 9.17) is 26.2 Å². The minimum Gasteiger partial charge on any atom is -0.344 e. The molecule has 0 unspecified atom stereocenters. The molecule has 1 spiro atoms. The number of allylic oxidation sites excluding steroid dienone is 4. The fourth-order valence-electron chi connectivity index (χ4n) is 3.24. The van der Waals surface area contributed by atoms with Gasteiger partial charge in [0, 0.05) is 24.3 Å². The van der Waals surface area contributed by atoms with Gasteiger partial charge in [0.05, 0.1) is 18.8 Å². The van der Waals surface area contributed by atoms with Gasteiger partial charge in [0.25, 0.3) is 0 Å². The molecule has 8 heteroatoms. The maximum atomic E-state index is 10.9. The molecule has 25 heavy (non-hydrogen) atoms. The smallest absolute Gasteiger partial charge is 0.333 e. The van der Waals surface area contributed by atoms with Crippen LogP contribution in [-0.4, -0.2) is 33.0 Å². The molecule has 2 N–H and O–H groups in total. The van der Waals surface area contributed by atoms with Crippen molar-refractivity contribution in [1.82, 2.24) is 0 Å². The number of ether oxygens (including phenoxy) is 2. The van der Waals surface area contributed by atoms with Crippen molar-refractivity contribution >= 4 is 21.9 Å². The molecule has 0 aromatic heterocycles. The third-order valence-corrected chi connectivity index (χ3v) is 5.12. The van der Waals surface area contributed by atoms with Gasteiger partial charge in [-0.15, -0.1) is 0 Å². The van der Waals surface area contributed by atoms with E-state index in [2.05, 4.69) is 10.8 Å². The minimum atomic E-state index is -3.95. The van der Waals surface area contributed by atoms with E-state index in [1.807, 2.05) is 6.08 Å². The maximum Gasteiger partial charge on any atom is 0.333 e. The Bertz CT molecular complexity index is 611. The van der Waals surface area contributed by atoms with Gasteiger partial charge in [-0.2, -0.15) is 8.42 Å². The molecular formula is C17H26ClNO5S. The molecular weight excluding hydrogens is 366 g/mol. The monoisotopic (exact) mass is 391 g/mol. The number of rotatable bonds is 8. The first kappa shape index (κ1) is 20.6. The summed E-state index contributed by atoms with van der Waals surface area (Å²) >= 11 is 6.14. The summed E-state index contributed by atoms with van der Waals surface area (Å²) in [5, 5.41) is 5.46. The van der Waals surface area contributed by atoms with Gasteiger partial charge in [0.2, 0.25) is 0 Å². The summed E-state index contributed by atoms with van der Waals surface area (Å²) in [5.41, 5.74) is 0. The minimum absolute atomic E-state index is 0.0345. The second-order valence-electron chi connectivity index (χ2n) is 6.31. The molecule has 1 aliphatic carbocycles. The van der Waals surface area contributed by atoms with E-state index in [1.165, 1.54) is 6.42 Å². The van der Waals surface area contributed by atoms with E-state index < -0.39 is 16.1 Å². The molecule has 0 aromatic carbocycles. The number of halogens is 1. The van der Waals surface area contributed by atoms with Crippen molar-refractivity contribution in [2.24, 2.45) is 5.14 Å². The van der Waals surface area contributed by atoms with Gasteiger partial charge < -0.3 is 9.47 Å². The van der Waals surface area contributed by atoms with E-state index in [9.17, 15) is 8.42 Å². The lowest BCUT2D eigenvalue weighted by molar-refractivity contribution is -0.194. The van der Waals surface area contributed by atoms with Crippen LogP contribution in [0.2, 0.25) is 0 Å². The second-order valence-corrected chi connectivity index (χ2v) is 7.96. The van der Waals surface area contributed by atoms with Gasteiger partial charge in [0.15, 0.2) is 5.79 Å². The molecule has 6 nitrogen and oxygen atoms in total. The van der Waals surface area contributed by atoms with Crippen LogP contribution in [0.4, 0.5) is 0 Å². The van der Waals surface area contributed by atoms with Crippen LogP contribution in [0.25, 0.3) is 0 Å². The standard InChI is InChI=1S/C17H26ClNO5S/c1-2-3-7-14(18)8-9-15-16(10-13-22-25(19,20)21)24-17(23-15)11-5-4-6-12-17/h2-3,7-8,15-16H,1,4-6,9-13H2,(H2,19,20,21)/b7-3-,14-8-/t15-,16-/m1/s1. The third-order valence-electron chi connectivity index (χ3n) is 4.35. The Kier molecular flexibility index (Phi) is 7.67. The van der Waals surface area contributed by atoms with Crippen LogP contribution in [0.5, 0.6) is 0 Å². The summed E-state index contributed by atoms with van der Waals surface area (Å²) in [6, 6.07) is 0. The fourth-order valence-corrected chi connectivity index (χ4v) is 3.73. The molecule has 2 atom stereocenters. The van der Waals surface area contributed by atoms with Gasteiger partial charge in [-0.1, -0.05) is 42.8 Å². The Morgan fingerprint density at radius 1 is 1.28 bits per heavy atom. The van der Waals surface area contributed by atoms with Crippen LogP contribution in [0.3, 0.4) is 0 Å². The average Bonchev–Trinajstić information content (AvgIpc) is 2.87. The Morgan fingerprint density at radius 2 is 1.96 bits per heavy atom. The lowest BCUT2D eigenvalue weighted by Gasteiger charge is -2.32. The fraction of sp³-hybridized carbons (Fsp3) is 0.647. The SMILES string of the molecule is C=C/C=C\C(Cl)=C\C[C@H]1OC2(CCCCC2)O[C@@H]1CCOS(N)(=O)=O. The van der Waals surface area contributed by atoms with E-state index in [1.54, 1.807) is 18.2 Å². The molecule has 2 aliphatic rings. The Balaban J connectivity index is 2.00. The van der Waals surface area contributed by atoms with E-state index in [0.29, 0.717) is 17.9 Å². The largest absolute Gasteiger partial charge is 0.344 e. The third kappa shape index (κ3) is 6.84. The molecule has 2 rings (SSSR count). The van der Waals surface area contributed by atoms with Crippen molar-refractivity contribution in [2.75, 3.05) is 6.61 Å². The molecule has 0 bridgehead atoms. The summed E-state index contributed by atoms with van der Waals surface area (Å²) in [4.78, 5) is 0. The molecule has 0 radical (unpaired) electrons. The van der Waals surface area contributed by atoms with Crippen molar-refractivity contribution in [3.05, 3.63) is 35.9 Å². The molecule has 1 heterocycles. The zero-order valence-corrected chi connectivity index (χ0v) is 15.8. The topological polar surface area (TPSA) is 87.8 Å². The molecule has 1 saturated heterocycles. The molecule has 142 valence electrons. The van der Waals surface area contributed by atoms with E-state index >= 15 is 0 Å². The lowest BCUT2D eigenvalue weighted by atomic mass is 9.94. The van der Waals surface area contributed by atoms with Crippen LogP contribution < -0.4 is 5.14 Å². The summed E-state index contributed by atoms with van der Waals surface area (Å²) in [6.07, 6.45) is 12.5. The van der Waals surface area contributed by atoms with Gasteiger partial charge >= 0.3 is 10.3 Å². The zero-order valence-electron chi connectivity index (χ0n) is 14.2. The van der Waals surface area contributed by atoms with Gasteiger partial charge in [-0.05, 0) is 25.3 Å². The lowest BCUT2D eigenvalue weighted by Crippen LogP contribution is -2.33. The number of hydrogen-bond donors (Lipinski definition) is 1. The van der Waals surface area contributed by atoms with Crippen molar-refractivity contribution in [2.45, 2.75) is 62.9 Å². The van der Waals surface area contributed by atoms with Crippen LogP contribution in [-0.2, 0) is 24.0 Å². The van der Waals surface area contributed by atoms with Crippen molar-refractivity contribution in [3.8, 4) is 0 Å². The molecule has 0 amide bonds. The highest BCUT2D eigenvalue weighted by atomic mass is 35.5. The molecule has 0 aromatic rings. The quantitative estimate of drug-likeness (QED) is 0.641. The summed E-state index contributed by atoms with van der Waals surface area (Å²) < 4.78 is 38.9. The predicted molar refractivity (Wildman–Crippen MR) is 97.1 cm³/mol. The highest BCUT2D eigenvalue weighted by Gasteiger charge is 2.47. The second kappa shape index (κ2) is 9.30. The summed E-state index contributed by atoms with van der Waals surface area (Å²) in [7, 11) is -3.95.